The molecule has 0 radical (unpaired) electrons. The quantitative estimate of drug-likeness (QED) is 0.654. The summed E-state index contributed by atoms with van der Waals surface area (Å²) >= 11 is 0. The topological polar surface area (TPSA) is 73.9 Å². The third-order valence-corrected chi connectivity index (χ3v) is 5.94. The van der Waals surface area contributed by atoms with E-state index in [0.29, 0.717) is 17.8 Å². The van der Waals surface area contributed by atoms with Gasteiger partial charge in [0.15, 0.2) is 0 Å². The predicted octanol–water partition coefficient (Wildman–Crippen LogP) is 2.09. The van der Waals surface area contributed by atoms with Crippen LogP contribution >= 0.6 is 0 Å². The maximum absolute atomic E-state index is 13.0. The average molecular weight is 401 g/mol. The highest BCUT2D eigenvalue weighted by Crippen LogP contribution is 2.32. The van der Waals surface area contributed by atoms with Crippen molar-refractivity contribution in [3.8, 4) is 0 Å². The highest BCUT2D eigenvalue weighted by atomic mass is 16.5. The molecule has 1 aliphatic carbocycles. The number of amides is 2. The third-order valence-electron chi connectivity index (χ3n) is 5.94. The Morgan fingerprint density at radius 1 is 1.07 bits per heavy atom. The van der Waals surface area contributed by atoms with E-state index in [1.54, 1.807) is 0 Å². The molecule has 3 aliphatic rings. The minimum Gasteiger partial charge on any atom is -0.379 e. The highest BCUT2D eigenvalue weighted by molar-refractivity contribution is 6.02. The van der Waals surface area contributed by atoms with E-state index in [-0.39, 0.29) is 17.7 Å². The van der Waals surface area contributed by atoms with E-state index in [2.05, 4.69) is 20.4 Å². The van der Waals surface area contributed by atoms with Crippen LogP contribution in [0.15, 0.2) is 18.2 Å². The molecule has 158 valence electrons. The summed E-state index contributed by atoms with van der Waals surface area (Å²) in [5.74, 6) is 0.151. The Morgan fingerprint density at radius 3 is 2.55 bits per heavy atom. The van der Waals surface area contributed by atoms with Gasteiger partial charge in [-0.25, -0.2) is 0 Å². The lowest BCUT2D eigenvalue weighted by Gasteiger charge is -2.26. The van der Waals surface area contributed by atoms with Crippen molar-refractivity contribution in [2.75, 3.05) is 62.7 Å². The molecule has 0 aromatic heterocycles. The van der Waals surface area contributed by atoms with Gasteiger partial charge in [0.1, 0.15) is 0 Å². The lowest BCUT2D eigenvalue weighted by atomic mass is 10.1. The maximum Gasteiger partial charge on any atom is 0.253 e. The van der Waals surface area contributed by atoms with Gasteiger partial charge in [-0.2, -0.15) is 0 Å². The number of hydrogen-bond acceptors (Lipinski definition) is 5. The van der Waals surface area contributed by atoms with Gasteiger partial charge in [-0.15, -0.1) is 0 Å². The summed E-state index contributed by atoms with van der Waals surface area (Å²) in [6, 6.07) is 5.74. The molecule has 2 N–H and O–H groups in total. The number of nitrogens with zero attached hydrogens (tertiary/aromatic N) is 2. The van der Waals surface area contributed by atoms with Gasteiger partial charge in [-0.3, -0.25) is 14.5 Å². The monoisotopic (exact) mass is 400 g/mol. The zero-order chi connectivity index (χ0) is 20.1. The van der Waals surface area contributed by atoms with Crippen molar-refractivity contribution in [1.29, 1.82) is 0 Å². The Morgan fingerprint density at radius 2 is 1.83 bits per heavy atom. The molecule has 0 bridgehead atoms. The van der Waals surface area contributed by atoms with Crippen molar-refractivity contribution < 1.29 is 14.3 Å². The first-order valence-corrected chi connectivity index (χ1v) is 11.0. The minimum absolute atomic E-state index is 0.0589. The number of ether oxygens (including phenoxy) is 1. The molecule has 2 saturated heterocycles. The highest BCUT2D eigenvalue weighted by Gasteiger charge is 2.30. The van der Waals surface area contributed by atoms with Crippen LogP contribution in [0.1, 0.15) is 42.5 Å². The molecular weight excluding hydrogens is 368 g/mol. The van der Waals surface area contributed by atoms with Gasteiger partial charge >= 0.3 is 0 Å². The second-order valence-electron chi connectivity index (χ2n) is 8.25. The van der Waals surface area contributed by atoms with Crippen LogP contribution in [0.3, 0.4) is 0 Å². The van der Waals surface area contributed by atoms with E-state index >= 15 is 0 Å². The molecule has 4 rings (SSSR count). The Labute approximate surface area is 172 Å². The second-order valence-corrected chi connectivity index (χ2v) is 8.25. The van der Waals surface area contributed by atoms with Gasteiger partial charge in [0.2, 0.25) is 5.91 Å². The summed E-state index contributed by atoms with van der Waals surface area (Å²) in [6.07, 6.45) is 5.16. The molecule has 1 aromatic carbocycles. The van der Waals surface area contributed by atoms with Crippen LogP contribution in [0.25, 0.3) is 0 Å². The number of rotatable bonds is 8. The number of benzene rings is 1. The summed E-state index contributed by atoms with van der Waals surface area (Å²) in [5.41, 5.74) is 2.34. The lowest BCUT2D eigenvalue weighted by molar-refractivity contribution is -0.117. The fourth-order valence-electron chi connectivity index (χ4n) is 4.04. The summed E-state index contributed by atoms with van der Waals surface area (Å²) in [5, 5.41) is 6.05. The van der Waals surface area contributed by atoms with Crippen LogP contribution < -0.4 is 15.5 Å². The van der Waals surface area contributed by atoms with Crippen LogP contribution in [0.4, 0.5) is 11.4 Å². The van der Waals surface area contributed by atoms with Crippen LogP contribution in [0.2, 0.25) is 0 Å². The molecule has 0 spiro atoms. The third kappa shape index (κ3) is 5.48. The molecule has 1 aromatic rings. The Hall–Kier alpha value is -2.12. The molecule has 0 atom stereocenters. The fraction of sp³-hybridized carbons (Fsp3) is 0.636. The number of carbonyl (C=O) groups excluding carboxylic acids is 2. The van der Waals surface area contributed by atoms with Crippen molar-refractivity contribution in [3.05, 3.63) is 23.8 Å². The van der Waals surface area contributed by atoms with E-state index in [9.17, 15) is 9.59 Å². The summed E-state index contributed by atoms with van der Waals surface area (Å²) in [6.45, 7) is 7.10. The van der Waals surface area contributed by atoms with E-state index in [1.807, 2.05) is 18.2 Å². The van der Waals surface area contributed by atoms with Crippen molar-refractivity contribution >= 4 is 23.2 Å². The average Bonchev–Trinajstić information content (AvgIpc) is 3.47. The standard InChI is InChI=1S/C22H32N4O3/c27-21(17-4-5-17)24-18-6-7-20(26-10-1-2-11-26)19(16-18)22(28)23-8-3-9-25-12-14-29-15-13-25/h6-7,16-17H,1-5,8-15H2,(H,23,28)(H,24,27). The molecule has 2 heterocycles. The van der Waals surface area contributed by atoms with Crippen molar-refractivity contribution in [3.63, 3.8) is 0 Å². The number of anilines is 2. The van der Waals surface area contributed by atoms with E-state index in [4.69, 9.17) is 4.74 Å². The maximum atomic E-state index is 13.0. The normalized spacial score (nSPS) is 19.9. The first-order valence-electron chi connectivity index (χ1n) is 11.0. The van der Waals surface area contributed by atoms with Crippen LogP contribution in [0.5, 0.6) is 0 Å². The Bertz CT molecular complexity index is 723. The Kier molecular flexibility index (Phi) is 6.67. The molecule has 3 fully saturated rings. The SMILES string of the molecule is O=C(NCCCN1CCOCC1)c1cc(NC(=O)C2CC2)ccc1N1CCCC1. The van der Waals surface area contributed by atoms with E-state index < -0.39 is 0 Å². The van der Waals surface area contributed by atoms with Gasteiger partial charge in [0.25, 0.3) is 5.91 Å². The molecule has 7 nitrogen and oxygen atoms in total. The van der Waals surface area contributed by atoms with Crippen LogP contribution in [-0.4, -0.2) is 69.2 Å². The molecule has 29 heavy (non-hydrogen) atoms. The summed E-state index contributed by atoms with van der Waals surface area (Å²) in [7, 11) is 0. The van der Waals surface area contributed by atoms with Gasteiger partial charge in [0, 0.05) is 50.0 Å². The van der Waals surface area contributed by atoms with Crippen molar-refractivity contribution in [2.24, 2.45) is 5.92 Å². The first kappa shape index (κ1) is 20.2. The molecule has 2 aliphatic heterocycles. The number of morpholine rings is 1. The smallest absolute Gasteiger partial charge is 0.253 e. The van der Waals surface area contributed by atoms with Crippen molar-refractivity contribution in [2.45, 2.75) is 32.1 Å². The molecule has 2 amide bonds. The predicted molar refractivity (Wildman–Crippen MR) is 113 cm³/mol. The molecule has 7 heteroatoms. The zero-order valence-electron chi connectivity index (χ0n) is 17.1. The zero-order valence-corrected chi connectivity index (χ0v) is 17.1. The van der Waals surface area contributed by atoms with Crippen molar-refractivity contribution in [1.82, 2.24) is 10.2 Å². The van der Waals surface area contributed by atoms with Crippen LogP contribution in [0, 0.1) is 5.92 Å². The molecule has 1 saturated carbocycles. The minimum atomic E-state index is -0.0589. The van der Waals surface area contributed by atoms with Gasteiger partial charge in [0.05, 0.1) is 18.8 Å². The van der Waals surface area contributed by atoms with E-state index in [1.165, 1.54) is 0 Å². The largest absolute Gasteiger partial charge is 0.379 e. The first-order chi connectivity index (χ1) is 14.2. The van der Waals surface area contributed by atoms with Crippen LogP contribution in [-0.2, 0) is 9.53 Å². The molecular formula is C22H32N4O3. The number of hydrogen-bond donors (Lipinski definition) is 2. The van der Waals surface area contributed by atoms with E-state index in [0.717, 1.165) is 83.7 Å². The fourth-order valence-corrected chi connectivity index (χ4v) is 4.04. The van der Waals surface area contributed by atoms with Gasteiger partial charge < -0.3 is 20.3 Å². The Balaban J connectivity index is 1.37. The number of nitrogens with one attached hydrogen (secondary N) is 2. The molecule has 0 unspecified atom stereocenters. The van der Waals surface area contributed by atoms with Gasteiger partial charge in [-0.05, 0) is 56.8 Å². The lowest BCUT2D eigenvalue weighted by Crippen LogP contribution is -2.38. The van der Waals surface area contributed by atoms with Gasteiger partial charge in [-0.1, -0.05) is 0 Å². The second kappa shape index (κ2) is 9.59. The summed E-state index contributed by atoms with van der Waals surface area (Å²) in [4.78, 5) is 29.7. The summed E-state index contributed by atoms with van der Waals surface area (Å²) < 4.78 is 5.38. The number of carbonyl (C=O) groups is 2.